The molecule has 0 aliphatic carbocycles. The van der Waals surface area contributed by atoms with Gasteiger partial charge in [0, 0.05) is 38.2 Å². The van der Waals surface area contributed by atoms with Crippen molar-refractivity contribution >= 4 is 41.5 Å². The molecule has 162 valence electrons. The fraction of sp³-hybridized carbons (Fsp3) is 0.364. The predicted octanol–water partition coefficient (Wildman–Crippen LogP) is 3.89. The van der Waals surface area contributed by atoms with E-state index in [-0.39, 0.29) is 48.3 Å². The topological polar surface area (TPSA) is 66.0 Å². The van der Waals surface area contributed by atoms with Crippen molar-refractivity contribution < 1.29 is 13.9 Å². The number of halogens is 2. The van der Waals surface area contributed by atoms with Gasteiger partial charge in [0.05, 0.1) is 0 Å². The van der Waals surface area contributed by atoms with Crippen LogP contribution in [-0.2, 0) is 4.79 Å². The molecule has 0 radical (unpaired) electrons. The summed E-state index contributed by atoms with van der Waals surface area (Å²) in [7, 11) is 0. The van der Waals surface area contributed by atoms with Gasteiger partial charge in [-0.05, 0) is 37.3 Å². The smallest absolute Gasteiger partial charge is 0.246 e. The van der Waals surface area contributed by atoms with E-state index < -0.39 is 0 Å². The summed E-state index contributed by atoms with van der Waals surface area (Å²) >= 11 is 0. The highest BCUT2D eigenvalue weighted by atomic mass is 127. The molecule has 6 nitrogen and oxygen atoms in total. The summed E-state index contributed by atoms with van der Waals surface area (Å²) < 4.78 is 19.3. The molecule has 0 atom stereocenters. The minimum absolute atomic E-state index is 0. The second-order valence-corrected chi connectivity index (χ2v) is 6.85. The number of para-hydroxylation sites is 1. The first-order chi connectivity index (χ1) is 14.1. The van der Waals surface area contributed by atoms with Crippen LogP contribution < -0.4 is 15.4 Å². The average Bonchev–Trinajstić information content (AvgIpc) is 2.72. The lowest BCUT2D eigenvalue weighted by atomic mass is 10.1. The number of benzene rings is 2. The Labute approximate surface area is 193 Å². The number of carbonyl (C=O) groups is 1. The Bertz CT molecular complexity index is 827. The first-order valence-electron chi connectivity index (χ1n) is 9.94. The first kappa shape index (κ1) is 23.9. The molecule has 1 fully saturated rings. The lowest BCUT2D eigenvalue weighted by Gasteiger charge is -2.34. The molecule has 0 saturated carbocycles. The van der Waals surface area contributed by atoms with Gasteiger partial charge in [-0.15, -0.1) is 24.0 Å². The Kier molecular flexibility index (Phi) is 9.85. The van der Waals surface area contributed by atoms with Gasteiger partial charge in [-0.1, -0.05) is 24.3 Å². The number of nitrogens with one attached hydrogen (secondary N) is 2. The minimum Gasteiger partial charge on any atom is -0.490 e. The first-order valence-corrected chi connectivity index (χ1v) is 9.94. The zero-order valence-corrected chi connectivity index (χ0v) is 19.3. The maximum atomic E-state index is 13.2. The number of hydrogen-bond acceptors (Lipinski definition) is 3. The number of carbonyl (C=O) groups excluding carboxylic acids is 1. The van der Waals surface area contributed by atoms with Crippen molar-refractivity contribution in [2.45, 2.75) is 25.9 Å². The van der Waals surface area contributed by atoms with Crippen LogP contribution in [0.5, 0.6) is 5.75 Å². The van der Waals surface area contributed by atoms with Crippen LogP contribution in [0.2, 0.25) is 0 Å². The molecule has 1 saturated heterocycles. The number of anilines is 1. The van der Waals surface area contributed by atoms with Crippen molar-refractivity contribution in [2.24, 2.45) is 4.99 Å². The van der Waals surface area contributed by atoms with Crippen LogP contribution in [0.15, 0.2) is 59.6 Å². The average molecular weight is 526 g/mol. The monoisotopic (exact) mass is 526 g/mol. The fourth-order valence-corrected chi connectivity index (χ4v) is 3.22. The van der Waals surface area contributed by atoms with Gasteiger partial charge >= 0.3 is 0 Å². The molecule has 1 amide bonds. The third-order valence-corrected chi connectivity index (χ3v) is 4.60. The number of ether oxygens (including phenoxy) is 1. The number of hydrogen-bond donors (Lipinski definition) is 2. The van der Waals surface area contributed by atoms with Gasteiger partial charge in [-0.25, -0.2) is 9.38 Å². The third-order valence-electron chi connectivity index (χ3n) is 4.60. The molecule has 1 heterocycles. The van der Waals surface area contributed by atoms with Crippen LogP contribution in [0.25, 0.3) is 0 Å². The Morgan fingerprint density at radius 1 is 1.17 bits per heavy atom. The lowest BCUT2D eigenvalue weighted by Crippen LogP contribution is -2.47. The van der Waals surface area contributed by atoms with Crippen molar-refractivity contribution in [3.8, 4) is 5.75 Å². The molecule has 0 spiro atoms. The molecule has 2 N–H and O–H groups in total. The highest BCUT2D eigenvalue weighted by molar-refractivity contribution is 14.0. The molecule has 0 bridgehead atoms. The number of nitrogens with zero attached hydrogens (tertiary/aromatic N) is 2. The van der Waals surface area contributed by atoms with E-state index in [1.54, 1.807) is 12.1 Å². The number of amides is 1. The number of rotatable bonds is 6. The van der Waals surface area contributed by atoms with E-state index in [0.717, 1.165) is 31.7 Å². The Morgan fingerprint density at radius 2 is 1.90 bits per heavy atom. The summed E-state index contributed by atoms with van der Waals surface area (Å²) in [5, 5.41) is 5.91. The molecular weight excluding hydrogens is 498 g/mol. The van der Waals surface area contributed by atoms with Crippen molar-refractivity contribution in [3.05, 3.63) is 60.4 Å². The highest BCUT2D eigenvalue weighted by Gasteiger charge is 2.22. The lowest BCUT2D eigenvalue weighted by molar-refractivity contribution is -0.114. The standard InChI is InChI=1S/C22H27FN4O2.HI/c1-2-24-22(25-16-21(28)26-18-8-6-7-17(23)15-18)27-13-11-20(12-14-27)29-19-9-4-3-5-10-19;/h3-10,15,20H,2,11-14,16H2,1H3,(H,24,25)(H,26,28);1H. The van der Waals surface area contributed by atoms with Gasteiger partial charge in [0.2, 0.25) is 5.91 Å². The van der Waals surface area contributed by atoms with E-state index in [1.807, 2.05) is 37.3 Å². The van der Waals surface area contributed by atoms with Crippen molar-refractivity contribution in [3.63, 3.8) is 0 Å². The SMILES string of the molecule is CCNC(=NCC(=O)Nc1cccc(F)c1)N1CCC(Oc2ccccc2)CC1.I. The van der Waals surface area contributed by atoms with Gasteiger partial charge in [0.25, 0.3) is 0 Å². The Balaban J connectivity index is 0.00000320. The van der Waals surface area contributed by atoms with E-state index in [0.29, 0.717) is 18.2 Å². The van der Waals surface area contributed by atoms with Crippen molar-refractivity contribution in [1.82, 2.24) is 10.2 Å². The van der Waals surface area contributed by atoms with Crippen LogP contribution in [0, 0.1) is 5.82 Å². The van der Waals surface area contributed by atoms with Crippen LogP contribution in [-0.4, -0.2) is 49.0 Å². The highest BCUT2D eigenvalue weighted by Crippen LogP contribution is 2.18. The largest absolute Gasteiger partial charge is 0.490 e. The summed E-state index contributed by atoms with van der Waals surface area (Å²) in [6.45, 7) is 4.28. The summed E-state index contributed by atoms with van der Waals surface area (Å²) in [5.41, 5.74) is 0.425. The third kappa shape index (κ3) is 7.47. The molecule has 30 heavy (non-hydrogen) atoms. The van der Waals surface area contributed by atoms with Crippen LogP contribution in [0.1, 0.15) is 19.8 Å². The molecule has 2 aromatic rings. The normalized spacial score (nSPS) is 14.6. The second-order valence-electron chi connectivity index (χ2n) is 6.85. The molecule has 1 aliphatic heterocycles. The van der Waals surface area contributed by atoms with Gasteiger partial charge in [0.15, 0.2) is 5.96 Å². The van der Waals surface area contributed by atoms with Gasteiger partial charge in [0.1, 0.15) is 24.2 Å². The molecular formula is C22H28FIN4O2. The van der Waals surface area contributed by atoms with E-state index in [4.69, 9.17) is 4.74 Å². The summed E-state index contributed by atoms with van der Waals surface area (Å²) in [4.78, 5) is 18.8. The molecule has 2 aromatic carbocycles. The van der Waals surface area contributed by atoms with E-state index in [1.165, 1.54) is 12.1 Å². The minimum atomic E-state index is -0.389. The number of piperidine rings is 1. The molecule has 1 aliphatic rings. The maximum absolute atomic E-state index is 13.2. The van der Waals surface area contributed by atoms with Crippen LogP contribution in [0.4, 0.5) is 10.1 Å². The Hall–Kier alpha value is -2.36. The van der Waals surface area contributed by atoms with Gasteiger partial charge in [-0.2, -0.15) is 0 Å². The zero-order valence-electron chi connectivity index (χ0n) is 17.0. The molecule has 8 heteroatoms. The number of aliphatic imine (C=N–C) groups is 1. The second kappa shape index (κ2) is 12.4. The van der Waals surface area contributed by atoms with Gasteiger partial charge in [-0.3, -0.25) is 4.79 Å². The summed E-state index contributed by atoms with van der Waals surface area (Å²) in [6, 6.07) is 15.7. The van der Waals surface area contributed by atoms with Crippen LogP contribution >= 0.6 is 24.0 Å². The quantitative estimate of drug-likeness (QED) is 0.341. The van der Waals surface area contributed by atoms with Crippen molar-refractivity contribution in [2.75, 3.05) is 31.5 Å². The molecule has 0 aromatic heterocycles. The van der Waals surface area contributed by atoms with E-state index in [2.05, 4.69) is 20.5 Å². The predicted molar refractivity (Wildman–Crippen MR) is 128 cm³/mol. The fourth-order valence-electron chi connectivity index (χ4n) is 3.22. The van der Waals surface area contributed by atoms with E-state index in [9.17, 15) is 9.18 Å². The van der Waals surface area contributed by atoms with E-state index >= 15 is 0 Å². The number of likely N-dealkylation sites (tertiary alicyclic amines) is 1. The molecule has 0 unspecified atom stereocenters. The molecule has 3 rings (SSSR count). The summed E-state index contributed by atoms with van der Waals surface area (Å²) in [6.07, 6.45) is 1.94. The maximum Gasteiger partial charge on any atom is 0.246 e. The van der Waals surface area contributed by atoms with Crippen LogP contribution in [0.3, 0.4) is 0 Å². The Morgan fingerprint density at radius 3 is 2.57 bits per heavy atom. The summed E-state index contributed by atoms with van der Waals surface area (Å²) in [5.74, 6) is 0.925. The number of guanidine groups is 1. The zero-order chi connectivity index (χ0) is 20.5. The van der Waals surface area contributed by atoms with Crippen molar-refractivity contribution in [1.29, 1.82) is 0 Å². The van der Waals surface area contributed by atoms with Gasteiger partial charge < -0.3 is 20.3 Å².